The van der Waals surface area contributed by atoms with Crippen LogP contribution in [0.2, 0.25) is 0 Å². The molecule has 2 atom stereocenters. The number of aliphatic hydroxyl groups excluding tert-OH is 2. The van der Waals surface area contributed by atoms with Crippen molar-refractivity contribution in [3.8, 4) is 0 Å². The summed E-state index contributed by atoms with van der Waals surface area (Å²) in [4.78, 5) is 24.7. The van der Waals surface area contributed by atoms with E-state index in [1.165, 1.54) is 411 Å². The highest BCUT2D eigenvalue weighted by atomic mass is 16.5. The summed E-state index contributed by atoms with van der Waals surface area (Å²) >= 11 is 0. The molecule has 6 nitrogen and oxygen atoms in total. The lowest BCUT2D eigenvalue weighted by Gasteiger charge is -2.20. The molecule has 0 rings (SSSR count). The van der Waals surface area contributed by atoms with Crippen molar-refractivity contribution in [2.24, 2.45) is 0 Å². The second kappa shape index (κ2) is 79.8. The van der Waals surface area contributed by atoms with E-state index >= 15 is 0 Å². The van der Waals surface area contributed by atoms with Gasteiger partial charge in [0.1, 0.15) is 0 Å². The average molecular weight is 1270 g/mol. The summed E-state index contributed by atoms with van der Waals surface area (Å²) < 4.78 is 5.52. The average Bonchev–Trinajstić information content (AvgIpc) is 3.60. The smallest absolute Gasteiger partial charge is 0.305 e. The van der Waals surface area contributed by atoms with E-state index < -0.39 is 12.1 Å². The first-order chi connectivity index (χ1) is 44.5. The number of aliphatic hydroxyl groups is 2. The van der Waals surface area contributed by atoms with Gasteiger partial charge in [-0.2, -0.15) is 0 Å². The number of amides is 1. The van der Waals surface area contributed by atoms with E-state index in [0.717, 1.165) is 38.5 Å². The van der Waals surface area contributed by atoms with E-state index in [1.807, 2.05) is 6.08 Å². The van der Waals surface area contributed by atoms with Crippen LogP contribution in [0.25, 0.3) is 0 Å². The van der Waals surface area contributed by atoms with Crippen LogP contribution >= 0.6 is 0 Å². The van der Waals surface area contributed by atoms with E-state index in [-0.39, 0.29) is 18.5 Å². The SMILES string of the molecule is CCCCCCCC/C=C\CCCCCCCCCCCC(=O)OCCCCCCCCCCCCCCCCCCCCCCCCCCCCCCCCCCC(=O)NC(CO)C(O)/C=C/CCCCCCCCCCCCCCCCCCCCCC. The van der Waals surface area contributed by atoms with Gasteiger partial charge in [0.15, 0.2) is 0 Å². The van der Waals surface area contributed by atoms with Gasteiger partial charge in [-0.15, -0.1) is 0 Å². The van der Waals surface area contributed by atoms with Gasteiger partial charge in [0, 0.05) is 12.8 Å². The van der Waals surface area contributed by atoms with Crippen LogP contribution in [0.3, 0.4) is 0 Å². The van der Waals surface area contributed by atoms with E-state index in [1.54, 1.807) is 6.08 Å². The van der Waals surface area contributed by atoms with Crippen LogP contribution in [-0.4, -0.2) is 47.4 Å². The molecule has 0 aromatic carbocycles. The number of carbonyl (C=O) groups is 2. The molecule has 0 bridgehead atoms. The van der Waals surface area contributed by atoms with Crippen molar-refractivity contribution in [2.45, 2.75) is 488 Å². The van der Waals surface area contributed by atoms with Gasteiger partial charge in [0.2, 0.25) is 5.91 Å². The Morgan fingerprint density at radius 1 is 0.300 bits per heavy atom. The number of nitrogens with one attached hydrogen (secondary N) is 1. The van der Waals surface area contributed by atoms with Crippen LogP contribution in [0.15, 0.2) is 24.3 Å². The van der Waals surface area contributed by atoms with Crippen molar-refractivity contribution < 1.29 is 24.5 Å². The van der Waals surface area contributed by atoms with Gasteiger partial charge in [-0.1, -0.05) is 430 Å². The highest BCUT2D eigenvalue weighted by molar-refractivity contribution is 5.76. The Morgan fingerprint density at radius 2 is 0.522 bits per heavy atom. The molecule has 0 aliphatic heterocycles. The molecule has 2 unspecified atom stereocenters. The van der Waals surface area contributed by atoms with Crippen molar-refractivity contribution >= 4 is 11.9 Å². The zero-order chi connectivity index (χ0) is 64.9. The largest absolute Gasteiger partial charge is 0.466 e. The zero-order valence-electron chi connectivity index (χ0n) is 61.4. The molecule has 0 fully saturated rings. The molecular formula is C84H163NO5. The van der Waals surface area contributed by atoms with Crippen molar-refractivity contribution in [2.75, 3.05) is 13.2 Å². The topological polar surface area (TPSA) is 95.9 Å². The second-order valence-corrected chi connectivity index (χ2v) is 28.8. The maximum Gasteiger partial charge on any atom is 0.305 e. The lowest BCUT2D eigenvalue weighted by Crippen LogP contribution is -2.45. The molecule has 90 heavy (non-hydrogen) atoms. The van der Waals surface area contributed by atoms with E-state index in [0.29, 0.717) is 19.4 Å². The van der Waals surface area contributed by atoms with Crippen LogP contribution in [-0.2, 0) is 14.3 Å². The van der Waals surface area contributed by atoms with Gasteiger partial charge < -0.3 is 20.3 Å². The number of esters is 1. The van der Waals surface area contributed by atoms with Crippen LogP contribution in [0.4, 0.5) is 0 Å². The van der Waals surface area contributed by atoms with E-state index in [4.69, 9.17) is 4.74 Å². The number of hydrogen-bond donors (Lipinski definition) is 3. The fourth-order valence-electron chi connectivity index (χ4n) is 13.4. The maximum atomic E-state index is 12.6. The molecule has 534 valence electrons. The molecule has 0 heterocycles. The molecule has 0 aromatic heterocycles. The van der Waals surface area contributed by atoms with Crippen molar-refractivity contribution in [3.63, 3.8) is 0 Å². The highest BCUT2D eigenvalue weighted by Gasteiger charge is 2.18. The molecule has 0 aliphatic rings. The summed E-state index contributed by atoms with van der Waals surface area (Å²) in [5.74, 6) is -0.0364. The van der Waals surface area contributed by atoms with Crippen LogP contribution in [0.1, 0.15) is 476 Å². The Labute approximate surface area is 564 Å². The quantitative estimate of drug-likeness (QED) is 0.0320. The van der Waals surface area contributed by atoms with Crippen LogP contribution < -0.4 is 5.32 Å². The molecule has 0 aliphatic carbocycles. The van der Waals surface area contributed by atoms with Gasteiger partial charge in [-0.3, -0.25) is 9.59 Å². The van der Waals surface area contributed by atoms with Gasteiger partial charge in [-0.05, 0) is 57.8 Å². The first-order valence-corrected chi connectivity index (χ1v) is 41.6. The molecule has 3 N–H and O–H groups in total. The molecule has 0 spiro atoms. The second-order valence-electron chi connectivity index (χ2n) is 28.8. The molecule has 0 saturated heterocycles. The third-order valence-electron chi connectivity index (χ3n) is 19.7. The highest BCUT2D eigenvalue weighted by Crippen LogP contribution is 2.20. The molecule has 1 amide bonds. The monoisotopic (exact) mass is 1270 g/mol. The van der Waals surface area contributed by atoms with E-state index in [9.17, 15) is 19.8 Å². The molecular weight excluding hydrogens is 1100 g/mol. The molecule has 0 saturated carbocycles. The predicted molar refractivity (Wildman–Crippen MR) is 398 cm³/mol. The third kappa shape index (κ3) is 75.4. The number of carbonyl (C=O) groups excluding carboxylic acids is 2. The normalized spacial score (nSPS) is 12.5. The number of ether oxygens (including phenoxy) is 1. The fraction of sp³-hybridized carbons (Fsp3) is 0.929. The van der Waals surface area contributed by atoms with Crippen molar-refractivity contribution in [3.05, 3.63) is 24.3 Å². The minimum Gasteiger partial charge on any atom is -0.466 e. The summed E-state index contributed by atoms with van der Waals surface area (Å²) in [7, 11) is 0. The van der Waals surface area contributed by atoms with E-state index in [2.05, 4.69) is 31.3 Å². The summed E-state index contributed by atoms with van der Waals surface area (Å²) in [5.41, 5.74) is 0. The number of unbranched alkanes of at least 4 members (excludes halogenated alkanes) is 66. The molecule has 0 radical (unpaired) electrons. The minimum atomic E-state index is -0.842. The van der Waals surface area contributed by atoms with Gasteiger partial charge in [0.05, 0.1) is 25.4 Å². The first-order valence-electron chi connectivity index (χ1n) is 41.6. The van der Waals surface area contributed by atoms with Gasteiger partial charge >= 0.3 is 5.97 Å². The van der Waals surface area contributed by atoms with Crippen molar-refractivity contribution in [1.82, 2.24) is 5.32 Å². The maximum absolute atomic E-state index is 12.6. The van der Waals surface area contributed by atoms with Crippen LogP contribution in [0.5, 0.6) is 0 Å². The Bertz CT molecular complexity index is 1410. The van der Waals surface area contributed by atoms with Crippen molar-refractivity contribution in [1.29, 1.82) is 0 Å². The van der Waals surface area contributed by atoms with Gasteiger partial charge in [0.25, 0.3) is 0 Å². The number of hydrogen-bond acceptors (Lipinski definition) is 5. The molecule has 6 heteroatoms. The Hall–Kier alpha value is -1.66. The summed E-state index contributed by atoms with van der Waals surface area (Å²) in [6.45, 7) is 4.96. The lowest BCUT2D eigenvalue weighted by atomic mass is 10.0. The van der Waals surface area contributed by atoms with Crippen LogP contribution in [0, 0.1) is 0 Å². The standard InChI is InChI=1S/C84H163NO5/c1-3-5-7-9-11-13-15-17-19-21-23-24-37-41-44-48-52-56-60-64-68-72-76-82(87)81(80-86)85-83(88)77-73-69-65-61-57-53-49-45-42-38-35-33-31-29-27-25-26-28-30-32-34-36-39-43-47-51-55-59-63-67-71-75-79-90-84(89)78-74-70-66-62-58-54-50-46-40-22-20-18-16-14-12-10-8-6-4-2/h18,20,72,76,81-82,86-87H,3-17,19,21-71,73-75,77-80H2,1-2H3,(H,85,88)/b20-18-,76-72+. The Morgan fingerprint density at radius 3 is 0.789 bits per heavy atom. The summed E-state index contributed by atoms with van der Waals surface area (Å²) in [6, 6.07) is -0.625. The Balaban J connectivity index is 3.33. The fourth-order valence-corrected chi connectivity index (χ4v) is 13.4. The van der Waals surface area contributed by atoms with Gasteiger partial charge in [-0.25, -0.2) is 0 Å². The predicted octanol–water partition coefficient (Wildman–Crippen LogP) is 27.6. The first kappa shape index (κ1) is 88.3. The zero-order valence-corrected chi connectivity index (χ0v) is 61.4. The summed E-state index contributed by atoms with van der Waals surface area (Å²) in [6.07, 6.45) is 103. The third-order valence-corrected chi connectivity index (χ3v) is 19.7. The summed E-state index contributed by atoms with van der Waals surface area (Å²) in [5, 5.41) is 23.3. The lowest BCUT2D eigenvalue weighted by molar-refractivity contribution is -0.143. The molecule has 0 aromatic rings. The number of allylic oxidation sites excluding steroid dienone is 3. The minimum absolute atomic E-state index is 0.0217. The number of rotatable bonds is 79. The Kier molecular flexibility index (Phi) is 78.3.